The number of carbonyl (C=O) groups is 1. The van der Waals surface area contributed by atoms with Crippen molar-refractivity contribution in [2.75, 3.05) is 13.2 Å². The number of nitrogens with zero attached hydrogens (tertiary/aromatic N) is 1. The van der Waals surface area contributed by atoms with Gasteiger partial charge in [-0.25, -0.2) is 0 Å². The van der Waals surface area contributed by atoms with E-state index >= 15 is 0 Å². The Labute approximate surface area is 208 Å². The molecule has 0 bridgehead atoms. The van der Waals surface area contributed by atoms with E-state index < -0.39 is 0 Å². The molecule has 0 spiro atoms. The molecule has 0 amide bonds. The summed E-state index contributed by atoms with van der Waals surface area (Å²) in [6.07, 6.45) is 1.57. The van der Waals surface area contributed by atoms with E-state index in [1.54, 1.807) is 6.92 Å². The highest BCUT2D eigenvalue weighted by atomic mass is 16.5. The van der Waals surface area contributed by atoms with E-state index in [-0.39, 0.29) is 11.9 Å². The van der Waals surface area contributed by atoms with Crippen molar-refractivity contribution in [3.8, 4) is 17.6 Å². The standard InChI is InChI=1S/C31H33NO3/c1-3-5-10-30(31(33)34-4-2)27-15-17-29(18-16-27)35-23-25-13-11-24(12-14-25)21-32-20-19-26-8-6-7-9-28(26)22-32/h6-9,11-18,30H,4,10,19-23H2,1-2H3. The van der Waals surface area contributed by atoms with Gasteiger partial charge in [-0.3, -0.25) is 9.69 Å². The van der Waals surface area contributed by atoms with Gasteiger partial charge in [0.05, 0.1) is 12.5 Å². The van der Waals surface area contributed by atoms with Crippen LogP contribution in [0.3, 0.4) is 0 Å². The van der Waals surface area contributed by atoms with Gasteiger partial charge < -0.3 is 9.47 Å². The zero-order valence-corrected chi connectivity index (χ0v) is 20.6. The molecule has 4 heteroatoms. The predicted octanol–water partition coefficient (Wildman–Crippen LogP) is 5.88. The number of fused-ring (bicyclic) bond motifs is 1. The third-order valence-electron chi connectivity index (χ3n) is 6.38. The Kier molecular flexibility index (Phi) is 8.59. The first-order chi connectivity index (χ1) is 17.2. The molecule has 0 saturated carbocycles. The highest BCUT2D eigenvalue weighted by Gasteiger charge is 2.21. The maximum absolute atomic E-state index is 12.3. The van der Waals surface area contributed by atoms with Crippen LogP contribution >= 0.6 is 0 Å². The van der Waals surface area contributed by atoms with Crippen LogP contribution in [-0.2, 0) is 35.6 Å². The molecule has 0 fully saturated rings. The van der Waals surface area contributed by atoms with Gasteiger partial charge in [0.1, 0.15) is 12.4 Å². The highest BCUT2D eigenvalue weighted by Crippen LogP contribution is 2.25. The Balaban J connectivity index is 1.30. The Morgan fingerprint density at radius 1 is 0.971 bits per heavy atom. The second kappa shape index (κ2) is 12.2. The number of hydrogen-bond donors (Lipinski definition) is 0. The Morgan fingerprint density at radius 3 is 2.40 bits per heavy atom. The lowest BCUT2D eigenvalue weighted by Crippen LogP contribution is -2.29. The summed E-state index contributed by atoms with van der Waals surface area (Å²) >= 11 is 0. The highest BCUT2D eigenvalue weighted by molar-refractivity contribution is 5.78. The van der Waals surface area contributed by atoms with Crippen LogP contribution in [0.2, 0.25) is 0 Å². The van der Waals surface area contributed by atoms with Crippen molar-refractivity contribution in [1.82, 2.24) is 4.90 Å². The first kappa shape index (κ1) is 24.6. The van der Waals surface area contributed by atoms with E-state index in [0.717, 1.165) is 42.9 Å². The molecular formula is C31H33NO3. The summed E-state index contributed by atoms with van der Waals surface area (Å²) in [5, 5.41) is 0. The molecule has 0 saturated heterocycles. The molecule has 1 atom stereocenters. The van der Waals surface area contributed by atoms with Gasteiger partial charge in [-0.1, -0.05) is 60.7 Å². The van der Waals surface area contributed by atoms with E-state index in [4.69, 9.17) is 9.47 Å². The number of benzene rings is 3. The maximum Gasteiger partial charge on any atom is 0.314 e. The average Bonchev–Trinajstić information content (AvgIpc) is 2.89. The summed E-state index contributed by atoms with van der Waals surface area (Å²) in [5.74, 6) is 6.01. The molecule has 3 aromatic carbocycles. The zero-order valence-electron chi connectivity index (χ0n) is 20.6. The summed E-state index contributed by atoms with van der Waals surface area (Å²) in [6, 6.07) is 25.1. The van der Waals surface area contributed by atoms with Gasteiger partial charge in [-0.05, 0) is 60.2 Å². The molecule has 4 rings (SSSR count). The molecule has 180 valence electrons. The summed E-state index contributed by atoms with van der Waals surface area (Å²) in [5.41, 5.74) is 6.27. The molecule has 0 aliphatic carbocycles. The van der Waals surface area contributed by atoms with Gasteiger partial charge in [0.15, 0.2) is 0 Å². The molecule has 35 heavy (non-hydrogen) atoms. The molecule has 0 aromatic heterocycles. The molecule has 1 unspecified atom stereocenters. The van der Waals surface area contributed by atoms with E-state index in [9.17, 15) is 4.79 Å². The van der Waals surface area contributed by atoms with Crippen molar-refractivity contribution >= 4 is 5.97 Å². The lowest BCUT2D eigenvalue weighted by molar-refractivity contribution is -0.144. The Morgan fingerprint density at radius 2 is 1.69 bits per heavy atom. The van der Waals surface area contributed by atoms with Crippen LogP contribution < -0.4 is 4.74 Å². The van der Waals surface area contributed by atoms with Crippen LogP contribution in [0.5, 0.6) is 5.75 Å². The third kappa shape index (κ3) is 6.74. The number of esters is 1. The van der Waals surface area contributed by atoms with E-state index in [1.165, 1.54) is 16.7 Å². The minimum Gasteiger partial charge on any atom is -0.489 e. The van der Waals surface area contributed by atoms with Crippen molar-refractivity contribution in [1.29, 1.82) is 0 Å². The van der Waals surface area contributed by atoms with Crippen molar-refractivity contribution < 1.29 is 14.3 Å². The first-order valence-corrected chi connectivity index (χ1v) is 12.3. The van der Waals surface area contributed by atoms with Crippen LogP contribution in [0, 0.1) is 11.8 Å². The maximum atomic E-state index is 12.3. The van der Waals surface area contributed by atoms with Crippen LogP contribution in [0.15, 0.2) is 72.8 Å². The van der Waals surface area contributed by atoms with E-state index in [2.05, 4.69) is 65.3 Å². The van der Waals surface area contributed by atoms with Crippen LogP contribution in [-0.4, -0.2) is 24.0 Å². The van der Waals surface area contributed by atoms with Crippen LogP contribution in [0.25, 0.3) is 0 Å². The molecule has 0 radical (unpaired) electrons. The second-order valence-corrected chi connectivity index (χ2v) is 8.84. The smallest absolute Gasteiger partial charge is 0.314 e. The predicted molar refractivity (Wildman–Crippen MR) is 139 cm³/mol. The number of rotatable bonds is 9. The second-order valence-electron chi connectivity index (χ2n) is 8.84. The van der Waals surface area contributed by atoms with Gasteiger partial charge in [0.2, 0.25) is 0 Å². The number of carbonyl (C=O) groups excluding carboxylic acids is 1. The van der Waals surface area contributed by atoms with Gasteiger partial charge in [0, 0.05) is 26.1 Å². The average molecular weight is 468 g/mol. The summed E-state index contributed by atoms with van der Waals surface area (Å²) in [6.45, 7) is 7.52. The first-order valence-electron chi connectivity index (χ1n) is 12.3. The topological polar surface area (TPSA) is 38.8 Å². The Hall–Kier alpha value is -3.55. The van der Waals surface area contributed by atoms with Gasteiger partial charge in [0.25, 0.3) is 0 Å². The quantitative estimate of drug-likeness (QED) is 0.291. The fourth-order valence-electron chi connectivity index (χ4n) is 4.44. The van der Waals surface area contributed by atoms with Gasteiger partial charge in [-0.2, -0.15) is 0 Å². The van der Waals surface area contributed by atoms with Gasteiger partial charge in [-0.15, -0.1) is 11.8 Å². The zero-order chi connectivity index (χ0) is 24.5. The lowest BCUT2D eigenvalue weighted by atomic mass is 9.96. The van der Waals surface area contributed by atoms with Crippen LogP contribution in [0.1, 0.15) is 54.0 Å². The van der Waals surface area contributed by atoms with Crippen molar-refractivity contribution in [3.63, 3.8) is 0 Å². The SMILES string of the molecule is CC#CCC(C(=O)OCC)c1ccc(OCc2ccc(CN3CCc4ccccc4C3)cc2)cc1. The number of hydrogen-bond acceptors (Lipinski definition) is 4. The lowest BCUT2D eigenvalue weighted by Gasteiger charge is -2.28. The summed E-state index contributed by atoms with van der Waals surface area (Å²) < 4.78 is 11.2. The van der Waals surface area contributed by atoms with Crippen molar-refractivity contribution in [2.24, 2.45) is 0 Å². The monoisotopic (exact) mass is 467 g/mol. The molecule has 1 aliphatic heterocycles. The van der Waals surface area contributed by atoms with E-state index in [0.29, 0.717) is 19.6 Å². The van der Waals surface area contributed by atoms with E-state index in [1.807, 2.05) is 31.2 Å². The summed E-state index contributed by atoms with van der Waals surface area (Å²) in [7, 11) is 0. The number of ether oxygens (including phenoxy) is 2. The molecular weight excluding hydrogens is 434 g/mol. The fraction of sp³-hybridized carbons (Fsp3) is 0.323. The van der Waals surface area contributed by atoms with Crippen LogP contribution in [0.4, 0.5) is 0 Å². The van der Waals surface area contributed by atoms with Crippen molar-refractivity contribution in [2.45, 2.75) is 52.3 Å². The largest absolute Gasteiger partial charge is 0.489 e. The molecule has 3 aromatic rings. The minimum absolute atomic E-state index is 0.238. The molecule has 0 N–H and O–H groups in total. The van der Waals surface area contributed by atoms with Gasteiger partial charge >= 0.3 is 5.97 Å². The molecule has 1 aliphatic rings. The third-order valence-corrected chi connectivity index (χ3v) is 6.38. The molecule has 1 heterocycles. The Bertz CT molecular complexity index is 1170. The van der Waals surface area contributed by atoms with Crippen molar-refractivity contribution in [3.05, 3.63) is 101 Å². The fourth-order valence-corrected chi connectivity index (χ4v) is 4.44. The minimum atomic E-state index is -0.377. The summed E-state index contributed by atoms with van der Waals surface area (Å²) in [4.78, 5) is 14.8. The normalized spacial score (nSPS) is 13.8. The molecule has 4 nitrogen and oxygen atoms in total.